The zero-order valence-electron chi connectivity index (χ0n) is 42.3. The molecule has 15 rings (SSSR count). The number of amidine groups is 1. The number of aromatic nitrogens is 1. The van der Waals surface area contributed by atoms with Crippen molar-refractivity contribution in [2.24, 2.45) is 21.8 Å². The summed E-state index contributed by atoms with van der Waals surface area (Å²) in [6.45, 7) is 4.79. The van der Waals surface area contributed by atoms with E-state index >= 15 is 0 Å². The molecule has 2 aliphatic carbocycles. The average molecular weight is 966 g/mol. The van der Waals surface area contributed by atoms with Gasteiger partial charge >= 0.3 is 0 Å². The minimum absolute atomic E-state index is 0.144. The zero-order chi connectivity index (χ0) is 49.7. The SMILES string of the molecule is CC1C=CC2=C(C1)c1cc3ccccc3cc1CC[C@H]2c1cc(C2/N=C(c3ccc4ccccc4c3)\N=C(\c3cccc4c5ccccc5n(-c5ccccc5)c34)CCC2C)c2c(c1)oc1c3ccccc3ccc12. The minimum Gasteiger partial charge on any atom is -0.455 e. The first kappa shape index (κ1) is 43.9. The highest BCUT2D eigenvalue weighted by molar-refractivity contribution is 6.22. The predicted octanol–water partition coefficient (Wildman–Crippen LogP) is 18.6. The number of nitrogens with zero attached hydrogens (tertiary/aromatic N) is 3. The summed E-state index contributed by atoms with van der Waals surface area (Å²) in [6, 6.07) is 73.5. The van der Waals surface area contributed by atoms with Crippen LogP contribution in [0.2, 0.25) is 0 Å². The summed E-state index contributed by atoms with van der Waals surface area (Å²) >= 11 is 0. The van der Waals surface area contributed by atoms with E-state index in [1.807, 2.05) is 0 Å². The Balaban J connectivity index is 0.976. The number of furan rings is 1. The van der Waals surface area contributed by atoms with Gasteiger partial charge in [-0.15, -0.1) is 0 Å². The summed E-state index contributed by atoms with van der Waals surface area (Å²) in [5.41, 5.74) is 16.9. The zero-order valence-corrected chi connectivity index (χ0v) is 42.3. The van der Waals surface area contributed by atoms with E-state index in [4.69, 9.17) is 14.4 Å². The van der Waals surface area contributed by atoms with Crippen molar-refractivity contribution in [1.29, 1.82) is 0 Å². The van der Waals surface area contributed by atoms with Crippen LogP contribution in [0, 0.1) is 11.8 Å². The number of benzene rings is 10. The second-order valence-electron chi connectivity index (χ2n) is 21.6. The van der Waals surface area contributed by atoms with Gasteiger partial charge in [0.25, 0.3) is 0 Å². The van der Waals surface area contributed by atoms with Gasteiger partial charge in [0.05, 0.1) is 22.8 Å². The molecule has 4 nitrogen and oxygen atoms in total. The summed E-state index contributed by atoms with van der Waals surface area (Å²) in [4.78, 5) is 11.9. The van der Waals surface area contributed by atoms with E-state index in [2.05, 4.69) is 231 Å². The van der Waals surface area contributed by atoms with Crippen molar-refractivity contribution in [3.8, 4) is 5.69 Å². The molecule has 4 atom stereocenters. The number of hydrogen-bond acceptors (Lipinski definition) is 3. The van der Waals surface area contributed by atoms with Gasteiger partial charge < -0.3 is 8.98 Å². The molecule has 0 saturated carbocycles. The van der Waals surface area contributed by atoms with E-state index in [9.17, 15) is 0 Å². The molecule has 3 unspecified atom stereocenters. The van der Waals surface area contributed by atoms with Gasteiger partial charge in [-0.1, -0.05) is 184 Å². The van der Waals surface area contributed by atoms with Crippen molar-refractivity contribution in [3.63, 3.8) is 0 Å². The fourth-order valence-corrected chi connectivity index (χ4v) is 13.3. The molecule has 0 radical (unpaired) electrons. The lowest BCUT2D eigenvalue weighted by Crippen LogP contribution is -2.19. The van der Waals surface area contributed by atoms with Crippen LogP contribution in [0.3, 0.4) is 0 Å². The third kappa shape index (κ3) is 7.25. The first-order valence-electron chi connectivity index (χ1n) is 27.0. The van der Waals surface area contributed by atoms with Crippen molar-refractivity contribution in [2.75, 3.05) is 0 Å². The molecule has 2 aromatic heterocycles. The second-order valence-corrected chi connectivity index (χ2v) is 21.6. The Morgan fingerprint density at radius 1 is 0.560 bits per heavy atom. The Morgan fingerprint density at radius 3 is 2.13 bits per heavy atom. The summed E-state index contributed by atoms with van der Waals surface area (Å²) in [6.07, 6.45) is 9.62. The largest absolute Gasteiger partial charge is 0.455 e. The number of aliphatic imine (C=N–C) groups is 2. The van der Waals surface area contributed by atoms with Gasteiger partial charge in [0.15, 0.2) is 5.84 Å². The Kier molecular flexibility index (Phi) is 10.3. The summed E-state index contributed by atoms with van der Waals surface area (Å²) < 4.78 is 9.69. The Hall–Kier alpha value is -8.60. The smallest absolute Gasteiger partial charge is 0.155 e. The summed E-state index contributed by atoms with van der Waals surface area (Å²) in [7, 11) is 0. The minimum atomic E-state index is -0.221. The Morgan fingerprint density at radius 2 is 1.28 bits per heavy atom. The molecule has 0 saturated heterocycles. The maximum Gasteiger partial charge on any atom is 0.155 e. The third-order valence-electron chi connectivity index (χ3n) is 17.0. The Bertz CT molecular complexity index is 4450. The molecule has 75 heavy (non-hydrogen) atoms. The lowest BCUT2D eigenvalue weighted by atomic mass is 9.78. The van der Waals surface area contributed by atoms with E-state index in [-0.39, 0.29) is 17.9 Å². The van der Waals surface area contributed by atoms with Crippen LogP contribution in [-0.2, 0) is 6.42 Å². The van der Waals surface area contributed by atoms with Crippen LogP contribution in [0.1, 0.15) is 84.9 Å². The lowest BCUT2D eigenvalue weighted by Gasteiger charge is -2.28. The number of allylic oxidation sites excluding steroid dienone is 4. The van der Waals surface area contributed by atoms with Crippen LogP contribution >= 0.6 is 0 Å². The van der Waals surface area contributed by atoms with Crippen molar-refractivity contribution in [2.45, 2.75) is 57.9 Å². The molecule has 4 heteroatoms. The van der Waals surface area contributed by atoms with Gasteiger partial charge in [-0.05, 0) is 147 Å². The van der Waals surface area contributed by atoms with Crippen LogP contribution in [-0.4, -0.2) is 16.1 Å². The number of fused-ring (bicyclic) bond motifs is 12. The molecule has 3 heterocycles. The molecule has 0 amide bonds. The van der Waals surface area contributed by atoms with Crippen LogP contribution in [0.15, 0.2) is 232 Å². The number of para-hydroxylation sites is 3. The molecular formula is C71H55N3O. The van der Waals surface area contributed by atoms with Gasteiger partial charge in [0, 0.05) is 49.7 Å². The van der Waals surface area contributed by atoms with Crippen LogP contribution < -0.4 is 0 Å². The molecule has 12 aromatic rings. The fourth-order valence-electron chi connectivity index (χ4n) is 13.3. The molecule has 10 aromatic carbocycles. The number of rotatable bonds is 5. The Labute approximate surface area is 436 Å². The van der Waals surface area contributed by atoms with Crippen molar-refractivity contribution < 1.29 is 4.42 Å². The highest BCUT2D eigenvalue weighted by Crippen LogP contribution is 2.49. The first-order chi connectivity index (χ1) is 37.0. The van der Waals surface area contributed by atoms with Crippen molar-refractivity contribution in [3.05, 3.63) is 251 Å². The molecule has 0 fully saturated rings. The van der Waals surface area contributed by atoms with E-state index in [1.165, 1.54) is 82.1 Å². The topological polar surface area (TPSA) is 42.8 Å². The van der Waals surface area contributed by atoms with Gasteiger partial charge in [-0.3, -0.25) is 4.99 Å². The van der Waals surface area contributed by atoms with E-state index in [0.29, 0.717) is 5.92 Å². The van der Waals surface area contributed by atoms with E-state index < -0.39 is 0 Å². The number of hydrogen-bond donors (Lipinski definition) is 0. The molecule has 1 aliphatic heterocycles. The van der Waals surface area contributed by atoms with Gasteiger partial charge in [-0.2, -0.15) is 0 Å². The maximum absolute atomic E-state index is 7.25. The van der Waals surface area contributed by atoms with Crippen molar-refractivity contribution >= 4 is 93.2 Å². The standard InChI is InChI=1S/C71H55N3O/c1-43-27-33-56-54(34-32-50-38-48-18-8-9-19-49(48)40-61(50)62(56)37-43)52-41-63(67-60-35-31-46-16-10-11-22-55(46)70(60)75-66(67)42-52)68-44(2)28-36-64(72-71(73-68)51-30-29-45-15-6-7-17-47(45)39-51)59-25-14-24-58-57-23-12-13-26-65(57)74(69(58)59)53-20-4-3-5-21-53/h3-27,29-31,33,35,38-44,54,68H,28,32,34,36-37H2,1-2H3/b72-64+,73-71-/t43?,44?,54-,68?/m0/s1. The molecule has 0 spiro atoms. The number of aryl methyl sites for hydroxylation is 1. The van der Waals surface area contributed by atoms with Gasteiger partial charge in [0.1, 0.15) is 11.2 Å². The molecule has 0 bridgehead atoms. The highest BCUT2D eigenvalue weighted by Gasteiger charge is 2.33. The van der Waals surface area contributed by atoms with Gasteiger partial charge in [0.2, 0.25) is 0 Å². The quantitative estimate of drug-likeness (QED) is 0.169. The monoisotopic (exact) mass is 965 g/mol. The van der Waals surface area contributed by atoms with Crippen LogP contribution in [0.25, 0.3) is 87.3 Å². The van der Waals surface area contributed by atoms with E-state index in [0.717, 1.165) is 87.8 Å². The molecular weight excluding hydrogens is 911 g/mol. The van der Waals surface area contributed by atoms with Crippen LogP contribution in [0.4, 0.5) is 0 Å². The first-order valence-corrected chi connectivity index (χ1v) is 27.0. The summed E-state index contributed by atoms with van der Waals surface area (Å²) in [5, 5.41) is 12.0. The maximum atomic E-state index is 7.25. The fraction of sp³-hybridized carbons (Fsp3) is 0.155. The molecule has 3 aliphatic rings. The molecule has 360 valence electrons. The third-order valence-corrected chi connectivity index (χ3v) is 17.0. The average Bonchev–Trinajstić information content (AvgIpc) is 3.98. The summed E-state index contributed by atoms with van der Waals surface area (Å²) in [5.74, 6) is 1.53. The predicted molar refractivity (Wildman–Crippen MR) is 315 cm³/mol. The van der Waals surface area contributed by atoms with Crippen molar-refractivity contribution in [1.82, 2.24) is 4.57 Å². The second kappa shape index (κ2) is 17.5. The highest BCUT2D eigenvalue weighted by atomic mass is 16.3. The molecule has 0 N–H and O–H groups in total. The van der Waals surface area contributed by atoms with Gasteiger partial charge in [-0.25, -0.2) is 4.99 Å². The van der Waals surface area contributed by atoms with Crippen LogP contribution in [0.5, 0.6) is 0 Å². The van der Waals surface area contributed by atoms with E-state index in [1.54, 1.807) is 0 Å². The lowest BCUT2D eigenvalue weighted by molar-refractivity contribution is 0.448. The normalized spacial score (nSPS) is 20.5.